The first-order valence-electron chi connectivity index (χ1n) is 34.6. The molecule has 6 nitrogen and oxygen atoms in total. The summed E-state index contributed by atoms with van der Waals surface area (Å²) >= 11 is 0. The normalized spacial score (nSPS) is 12.6. The van der Waals surface area contributed by atoms with Crippen molar-refractivity contribution in [2.45, 2.75) is 354 Å². The first-order valence-corrected chi connectivity index (χ1v) is 34.6. The van der Waals surface area contributed by atoms with E-state index < -0.39 is 6.10 Å². The van der Waals surface area contributed by atoms with Crippen molar-refractivity contribution >= 4 is 17.9 Å². The van der Waals surface area contributed by atoms with Crippen LogP contribution >= 0.6 is 0 Å². The minimum absolute atomic E-state index is 0.0728. The van der Waals surface area contributed by atoms with Crippen LogP contribution in [-0.4, -0.2) is 37.2 Å². The third kappa shape index (κ3) is 65.4. The highest BCUT2D eigenvalue weighted by atomic mass is 16.6. The smallest absolute Gasteiger partial charge is 0.306 e. The topological polar surface area (TPSA) is 78.9 Å². The van der Waals surface area contributed by atoms with Gasteiger partial charge in [0, 0.05) is 19.3 Å². The van der Waals surface area contributed by atoms with E-state index in [1.807, 2.05) is 0 Å². The number of carbonyl (C=O) groups is 3. The molecule has 0 aromatic rings. The number of unbranched alkanes of at least 4 members (excludes halogenated alkanes) is 38. The Morgan fingerprint density at radius 2 is 0.487 bits per heavy atom. The third-order valence-electron chi connectivity index (χ3n) is 15.1. The van der Waals surface area contributed by atoms with Crippen molar-refractivity contribution in [1.82, 2.24) is 0 Å². The van der Waals surface area contributed by atoms with E-state index in [2.05, 4.69) is 106 Å². The molecule has 0 aliphatic heterocycles. The van der Waals surface area contributed by atoms with E-state index in [9.17, 15) is 14.4 Å². The van der Waals surface area contributed by atoms with Crippen LogP contribution in [0, 0.1) is 0 Å². The van der Waals surface area contributed by atoms with Crippen LogP contribution < -0.4 is 0 Å². The van der Waals surface area contributed by atoms with Gasteiger partial charge in [0.1, 0.15) is 13.2 Å². The highest BCUT2D eigenvalue weighted by Crippen LogP contribution is 2.17. The Labute approximate surface area is 496 Å². The van der Waals surface area contributed by atoms with Gasteiger partial charge >= 0.3 is 17.9 Å². The highest BCUT2D eigenvalue weighted by molar-refractivity contribution is 5.71. The van der Waals surface area contributed by atoms with Crippen LogP contribution in [0.15, 0.2) is 85.1 Å². The largest absolute Gasteiger partial charge is 0.462 e. The molecule has 0 aliphatic carbocycles. The maximum atomic E-state index is 12.9. The molecule has 0 amide bonds. The van der Waals surface area contributed by atoms with Gasteiger partial charge in [-0.2, -0.15) is 0 Å². The average Bonchev–Trinajstić information content (AvgIpc) is 3.46. The van der Waals surface area contributed by atoms with Crippen LogP contribution in [0.2, 0.25) is 0 Å². The van der Waals surface area contributed by atoms with Crippen molar-refractivity contribution in [1.29, 1.82) is 0 Å². The summed E-state index contributed by atoms with van der Waals surface area (Å²) < 4.78 is 16.9. The van der Waals surface area contributed by atoms with Gasteiger partial charge in [-0.25, -0.2) is 0 Å². The Morgan fingerprint density at radius 1 is 0.263 bits per heavy atom. The summed E-state index contributed by atoms with van der Waals surface area (Å²) in [4.78, 5) is 38.3. The molecule has 0 heterocycles. The van der Waals surface area contributed by atoms with Crippen LogP contribution in [0.1, 0.15) is 348 Å². The fraction of sp³-hybridized carbons (Fsp3) is 0.770. The minimum atomic E-state index is -0.776. The monoisotopic (exact) mass is 1110 g/mol. The molecule has 0 spiro atoms. The van der Waals surface area contributed by atoms with Gasteiger partial charge in [-0.3, -0.25) is 14.4 Å². The van der Waals surface area contributed by atoms with Crippen LogP contribution in [0.3, 0.4) is 0 Å². The van der Waals surface area contributed by atoms with Crippen molar-refractivity contribution in [3.8, 4) is 0 Å². The summed E-state index contributed by atoms with van der Waals surface area (Å²) in [6.07, 6.45) is 90.4. The van der Waals surface area contributed by atoms with E-state index in [1.54, 1.807) is 0 Å². The van der Waals surface area contributed by atoms with Gasteiger partial charge in [0.05, 0.1) is 0 Å². The van der Waals surface area contributed by atoms with Crippen molar-refractivity contribution in [2.75, 3.05) is 13.2 Å². The van der Waals surface area contributed by atoms with Crippen LogP contribution in [0.25, 0.3) is 0 Å². The molecular formula is C74H130O6. The third-order valence-corrected chi connectivity index (χ3v) is 15.1. The van der Waals surface area contributed by atoms with Crippen molar-refractivity contribution in [2.24, 2.45) is 0 Å². The molecule has 0 radical (unpaired) electrons. The molecule has 80 heavy (non-hydrogen) atoms. The Morgan fingerprint density at radius 3 is 0.775 bits per heavy atom. The quantitative estimate of drug-likeness (QED) is 0.0261. The summed E-state index contributed by atoms with van der Waals surface area (Å²) in [5, 5.41) is 0. The summed E-state index contributed by atoms with van der Waals surface area (Å²) in [6, 6.07) is 0. The molecule has 0 aromatic carbocycles. The lowest BCUT2D eigenvalue weighted by Gasteiger charge is -2.18. The van der Waals surface area contributed by atoms with E-state index in [1.165, 1.54) is 212 Å². The van der Waals surface area contributed by atoms with Gasteiger partial charge in [0.15, 0.2) is 6.10 Å². The zero-order valence-electron chi connectivity index (χ0n) is 53.1. The number of esters is 3. The van der Waals surface area contributed by atoms with E-state index in [0.29, 0.717) is 19.3 Å². The lowest BCUT2D eigenvalue weighted by atomic mass is 10.0. The molecular weight excluding hydrogens is 985 g/mol. The highest BCUT2D eigenvalue weighted by Gasteiger charge is 2.19. The SMILES string of the molecule is CC/C=C\C/C=C\C/C=C\C/C=C\C/C=C\C/C=C\CCCCCCCCCCCCCCCCC(=O)OCC(COC(=O)CCCCCCCCCCCCCC)OC(=O)CCCCCCCCC/C=C\CCCCCCCC. The maximum Gasteiger partial charge on any atom is 0.306 e. The summed E-state index contributed by atoms with van der Waals surface area (Å²) in [5.41, 5.74) is 0. The van der Waals surface area contributed by atoms with E-state index in [4.69, 9.17) is 14.2 Å². The second-order valence-electron chi connectivity index (χ2n) is 23.1. The average molecular weight is 1120 g/mol. The summed E-state index contributed by atoms with van der Waals surface area (Å²) in [7, 11) is 0. The van der Waals surface area contributed by atoms with Gasteiger partial charge in [-0.05, 0) is 96.3 Å². The van der Waals surface area contributed by atoms with Crippen molar-refractivity contribution in [3.05, 3.63) is 85.1 Å². The number of rotatable bonds is 63. The Balaban J connectivity index is 4.17. The molecule has 1 atom stereocenters. The second-order valence-corrected chi connectivity index (χ2v) is 23.1. The Hall–Kier alpha value is -3.41. The number of hydrogen-bond acceptors (Lipinski definition) is 6. The van der Waals surface area contributed by atoms with E-state index >= 15 is 0 Å². The van der Waals surface area contributed by atoms with Gasteiger partial charge < -0.3 is 14.2 Å². The van der Waals surface area contributed by atoms with Crippen molar-refractivity contribution < 1.29 is 28.6 Å². The number of allylic oxidation sites excluding steroid dienone is 14. The molecule has 0 aliphatic rings. The molecule has 462 valence electrons. The fourth-order valence-corrected chi connectivity index (χ4v) is 9.97. The number of hydrogen-bond donors (Lipinski definition) is 0. The zero-order chi connectivity index (χ0) is 57.8. The number of carbonyl (C=O) groups excluding carboxylic acids is 3. The lowest BCUT2D eigenvalue weighted by Crippen LogP contribution is -2.30. The number of ether oxygens (including phenoxy) is 3. The minimum Gasteiger partial charge on any atom is -0.462 e. The second kappa shape index (κ2) is 68.1. The zero-order valence-corrected chi connectivity index (χ0v) is 53.1. The van der Waals surface area contributed by atoms with Crippen LogP contribution in [0.5, 0.6) is 0 Å². The summed E-state index contributed by atoms with van der Waals surface area (Å²) in [6.45, 7) is 6.56. The Kier molecular flexibility index (Phi) is 65.2. The van der Waals surface area contributed by atoms with Gasteiger partial charge in [-0.1, -0.05) is 318 Å². The Bertz CT molecular complexity index is 1520. The lowest BCUT2D eigenvalue weighted by molar-refractivity contribution is -0.167. The molecule has 0 aromatic heterocycles. The van der Waals surface area contributed by atoms with E-state index in [-0.39, 0.29) is 31.1 Å². The molecule has 0 fully saturated rings. The molecule has 1 unspecified atom stereocenters. The molecule has 0 bridgehead atoms. The van der Waals surface area contributed by atoms with Crippen molar-refractivity contribution in [3.63, 3.8) is 0 Å². The molecule has 6 heteroatoms. The molecule has 0 rings (SSSR count). The fourth-order valence-electron chi connectivity index (χ4n) is 9.97. The molecule has 0 N–H and O–H groups in total. The predicted molar refractivity (Wildman–Crippen MR) is 348 cm³/mol. The van der Waals surface area contributed by atoms with Crippen LogP contribution in [0.4, 0.5) is 0 Å². The first kappa shape index (κ1) is 76.6. The first-order chi connectivity index (χ1) is 39.5. The molecule has 0 saturated carbocycles. The summed E-state index contributed by atoms with van der Waals surface area (Å²) in [5.74, 6) is -0.860. The maximum absolute atomic E-state index is 12.9. The predicted octanol–water partition coefficient (Wildman–Crippen LogP) is 23.8. The van der Waals surface area contributed by atoms with Gasteiger partial charge in [0.2, 0.25) is 0 Å². The molecule has 0 saturated heterocycles. The van der Waals surface area contributed by atoms with E-state index in [0.717, 1.165) is 96.3 Å². The van der Waals surface area contributed by atoms with Gasteiger partial charge in [-0.15, -0.1) is 0 Å². The standard InChI is InChI=1S/C74H130O6/c1-4-7-10-13-16-19-22-25-27-29-30-31-32-33-34-35-36-37-38-39-40-41-42-43-44-46-47-49-52-55-58-61-64-67-73(76)79-70-71(69-78-72(75)66-63-60-57-54-51-24-21-18-15-12-9-6-3)80-74(77)68-65-62-59-56-53-50-48-45-28-26-23-20-17-14-11-8-5-2/h7,10,16,19,25-28,30-31,33-34,36-37,71H,4-6,8-9,11-15,17-18,20-24,29,32,35,38-70H2,1-3H3/b10-7-,19-16-,27-25-,28-26-,31-30-,34-33-,37-36-. The van der Waals surface area contributed by atoms with Gasteiger partial charge in [0.25, 0.3) is 0 Å². The van der Waals surface area contributed by atoms with Crippen LogP contribution in [-0.2, 0) is 28.6 Å².